The normalized spacial score (nSPS) is 10.1. The number of nitrogens with one attached hydrogen (secondary N) is 1. The van der Waals surface area contributed by atoms with Gasteiger partial charge in [-0.25, -0.2) is 0 Å². The molecule has 0 saturated heterocycles. The lowest BCUT2D eigenvalue weighted by Crippen LogP contribution is -2.13. The number of benzene rings is 1. The van der Waals surface area contributed by atoms with Gasteiger partial charge in [0, 0.05) is 12.3 Å². The number of aromatic hydroxyl groups is 1. The maximum Gasteiger partial charge on any atom is 0.311 e. The number of carbonyl (C=O) groups excluding carboxylic acids is 1. The highest BCUT2D eigenvalue weighted by Crippen LogP contribution is 2.29. The van der Waals surface area contributed by atoms with Crippen LogP contribution < -0.4 is 5.32 Å². The first kappa shape index (κ1) is 13.5. The number of nitro benzene ring substituents is 1. The monoisotopic (exact) mass is 273 g/mol. The van der Waals surface area contributed by atoms with Gasteiger partial charge in [-0.1, -0.05) is 6.07 Å². The molecule has 0 aliphatic heterocycles. The van der Waals surface area contributed by atoms with Crippen molar-refractivity contribution in [3.8, 4) is 5.75 Å². The van der Waals surface area contributed by atoms with Crippen molar-refractivity contribution in [2.45, 2.75) is 6.92 Å². The number of phenolic OH excluding ortho intramolecular Hbond substituents is 1. The fourth-order valence-electron chi connectivity index (χ4n) is 1.67. The van der Waals surface area contributed by atoms with Crippen LogP contribution in [0, 0.1) is 17.0 Å². The highest BCUT2D eigenvalue weighted by atomic mass is 16.6. The van der Waals surface area contributed by atoms with E-state index in [9.17, 15) is 20.0 Å². The van der Waals surface area contributed by atoms with Crippen LogP contribution >= 0.6 is 0 Å². The minimum atomic E-state index is -0.749. The molecule has 2 N–H and O–H groups in total. The van der Waals surface area contributed by atoms with Crippen LogP contribution in [-0.4, -0.2) is 20.9 Å². The van der Waals surface area contributed by atoms with Gasteiger partial charge in [0.05, 0.1) is 21.9 Å². The van der Waals surface area contributed by atoms with Crippen LogP contribution in [0.15, 0.2) is 36.5 Å². The Bertz CT molecular complexity index is 685. The summed E-state index contributed by atoms with van der Waals surface area (Å²) in [5, 5.41) is 23.0. The number of anilines is 1. The lowest BCUT2D eigenvalue weighted by atomic mass is 10.1. The number of aryl methyl sites for hydroxylation is 1. The summed E-state index contributed by atoms with van der Waals surface area (Å²) in [7, 11) is 0. The van der Waals surface area contributed by atoms with Gasteiger partial charge < -0.3 is 10.4 Å². The first-order chi connectivity index (χ1) is 9.50. The molecule has 0 spiro atoms. The molecule has 102 valence electrons. The number of para-hydroxylation sites is 1. The molecule has 0 aliphatic rings. The predicted octanol–water partition coefficient (Wildman–Crippen LogP) is 2.26. The zero-order chi connectivity index (χ0) is 14.7. The number of rotatable bonds is 3. The SMILES string of the molecule is Cc1ncccc1NC(=O)c1cccc([N+](=O)[O-])c1O. The average molecular weight is 273 g/mol. The molecule has 2 aromatic rings. The molecule has 0 unspecified atom stereocenters. The van der Waals surface area contributed by atoms with Crippen molar-refractivity contribution in [2.75, 3.05) is 5.32 Å². The van der Waals surface area contributed by atoms with Gasteiger partial charge in [0.25, 0.3) is 5.91 Å². The maximum atomic E-state index is 12.0. The predicted molar refractivity (Wildman–Crippen MR) is 71.7 cm³/mol. The topological polar surface area (TPSA) is 105 Å². The van der Waals surface area contributed by atoms with Gasteiger partial charge in [0.1, 0.15) is 0 Å². The van der Waals surface area contributed by atoms with E-state index in [1.165, 1.54) is 12.1 Å². The summed E-state index contributed by atoms with van der Waals surface area (Å²) >= 11 is 0. The molecule has 1 heterocycles. The Balaban J connectivity index is 2.33. The van der Waals surface area contributed by atoms with Crippen LogP contribution in [0.4, 0.5) is 11.4 Å². The van der Waals surface area contributed by atoms with Crippen molar-refractivity contribution < 1.29 is 14.8 Å². The van der Waals surface area contributed by atoms with Crippen molar-refractivity contribution in [1.82, 2.24) is 4.98 Å². The Labute approximate surface area is 114 Å². The standard InChI is InChI=1S/C13H11N3O4/c1-8-10(5-3-7-14-8)15-13(18)9-4-2-6-11(12(9)17)16(19)20/h2-7,17H,1H3,(H,15,18). The molecule has 2 rings (SSSR count). The minimum absolute atomic E-state index is 0.164. The van der Waals surface area contributed by atoms with Crippen LogP contribution in [-0.2, 0) is 0 Å². The van der Waals surface area contributed by atoms with E-state index >= 15 is 0 Å². The molecule has 0 radical (unpaired) electrons. The molecule has 1 aromatic heterocycles. The molecular weight excluding hydrogens is 262 g/mol. The van der Waals surface area contributed by atoms with Crippen molar-refractivity contribution >= 4 is 17.3 Å². The Morgan fingerprint density at radius 1 is 1.35 bits per heavy atom. The number of aromatic nitrogens is 1. The Hall–Kier alpha value is -2.96. The van der Waals surface area contributed by atoms with Gasteiger partial charge in [-0.3, -0.25) is 19.9 Å². The van der Waals surface area contributed by atoms with Gasteiger partial charge in [-0.15, -0.1) is 0 Å². The van der Waals surface area contributed by atoms with Gasteiger partial charge in [0.2, 0.25) is 5.75 Å². The first-order valence-corrected chi connectivity index (χ1v) is 5.70. The fourth-order valence-corrected chi connectivity index (χ4v) is 1.67. The molecule has 0 saturated carbocycles. The second-order valence-electron chi connectivity index (χ2n) is 4.02. The van der Waals surface area contributed by atoms with Crippen molar-refractivity contribution in [2.24, 2.45) is 0 Å². The van der Waals surface area contributed by atoms with E-state index in [-0.39, 0.29) is 5.56 Å². The van der Waals surface area contributed by atoms with E-state index in [0.717, 1.165) is 6.07 Å². The number of carbonyl (C=O) groups is 1. The van der Waals surface area contributed by atoms with Crippen molar-refractivity contribution in [3.63, 3.8) is 0 Å². The lowest BCUT2D eigenvalue weighted by molar-refractivity contribution is -0.385. The molecule has 0 aliphatic carbocycles. The van der Waals surface area contributed by atoms with E-state index in [1.807, 2.05) is 0 Å². The molecule has 7 nitrogen and oxygen atoms in total. The van der Waals surface area contributed by atoms with E-state index in [4.69, 9.17) is 0 Å². The zero-order valence-electron chi connectivity index (χ0n) is 10.5. The number of amides is 1. The quantitative estimate of drug-likeness (QED) is 0.659. The van der Waals surface area contributed by atoms with Crippen LogP contribution in [0.1, 0.15) is 16.1 Å². The summed E-state index contributed by atoms with van der Waals surface area (Å²) in [6, 6.07) is 7.07. The summed E-state index contributed by atoms with van der Waals surface area (Å²) in [5.74, 6) is -1.29. The zero-order valence-corrected chi connectivity index (χ0v) is 10.5. The van der Waals surface area contributed by atoms with Crippen molar-refractivity contribution in [1.29, 1.82) is 0 Å². The van der Waals surface area contributed by atoms with Gasteiger partial charge in [-0.2, -0.15) is 0 Å². The molecule has 0 fully saturated rings. The highest BCUT2D eigenvalue weighted by Gasteiger charge is 2.21. The second kappa shape index (κ2) is 5.35. The number of phenols is 1. The average Bonchev–Trinajstić information content (AvgIpc) is 2.41. The maximum absolute atomic E-state index is 12.0. The number of hydrogen-bond acceptors (Lipinski definition) is 5. The smallest absolute Gasteiger partial charge is 0.311 e. The van der Waals surface area contributed by atoms with E-state index in [0.29, 0.717) is 11.4 Å². The van der Waals surface area contributed by atoms with E-state index in [2.05, 4.69) is 10.3 Å². The Morgan fingerprint density at radius 2 is 2.10 bits per heavy atom. The van der Waals surface area contributed by atoms with Gasteiger partial charge in [0.15, 0.2) is 0 Å². The van der Waals surface area contributed by atoms with Crippen molar-refractivity contribution in [3.05, 3.63) is 57.9 Å². The van der Waals surface area contributed by atoms with Gasteiger partial charge in [-0.05, 0) is 25.1 Å². The summed E-state index contributed by atoms with van der Waals surface area (Å²) in [4.78, 5) is 26.0. The molecule has 0 bridgehead atoms. The summed E-state index contributed by atoms with van der Waals surface area (Å²) in [5.41, 5.74) is 0.400. The molecule has 20 heavy (non-hydrogen) atoms. The first-order valence-electron chi connectivity index (χ1n) is 5.70. The number of pyridine rings is 1. The minimum Gasteiger partial charge on any atom is -0.502 e. The highest BCUT2D eigenvalue weighted by molar-refractivity contribution is 6.07. The number of nitro groups is 1. The number of nitrogens with zero attached hydrogens (tertiary/aromatic N) is 2. The summed E-state index contributed by atoms with van der Waals surface area (Å²) in [6.07, 6.45) is 1.58. The van der Waals surface area contributed by atoms with Crippen LogP contribution in [0.5, 0.6) is 5.75 Å². The number of hydrogen-bond donors (Lipinski definition) is 2. The molecular formula is C13H11N3O4. The third-order valence-electron chi connectivity index (χ3n) is 2.71. The summed E-state index contributed by atoms with van der Waals surface area (Å²) < 4.78 is 0. The second-order valence-corrected chi connectivity index (χ2v) is 4.02. The van der Waals surface area contributed by atoms with Crippen LogP contribution in [0.2, 0.25) is 0 Å². The summed E-state index contributed by atoms with van der Waals surface area (Å²) in [6.45, 7) is 1.71. The largest absolute Gasteiger partial charge is 0.502 e. The fraction of sp³-hybridized carbons (Fsp3) is 0.0769. The molecule has 7 heteroatoms. The lowest BCUT2D eigenvalue weighted by Gasteiger charge is -2.08. The van der Waals surface area contributed by atoms with Crippen LogP contribution in [0.25, 0.3) is 0 Å². The molecule has 0 atom stereocenters. The van der Waals surface area contributed by atoms with E-state index < -0.39 is 22.3 Å². The van der Waals surface area contributed by atoms with Crippen LogP contribution in [0.3, 0.4) is 0 Å². The molecule has 1 aromatic carbocycles. The third kappa shape index (κ3) is 2.56. The molecule has 1 amide bonds. The Kier molecular flexibility index (Phi) is 3.60. The Morgan fingerprint density at radius 3 is 2.75 bits per heavy atom. The van der Waals surface area contributed by atoms with E-state index in [1.54, 1.807) is 25.3 Å². The van der Waals surface area contributed by atoms with Gasteiger partial charge >= 0.3 is 5.69 Å². The third-order valence-corrected chi connectivity index (χ3v) is 2.71.